The summed E-state index contributed by atoms with van der Waals surface area (Å²) in [6, 6.07) is -0.506. The molecule has 1 rings (SSSR count). The second-order valence-electron chi connectivity index (χ2n) is 5.19. The monoisotopic (exact) mass is 356 g/mol. The van der Waals surface area contributed by atoms with Gasteiger partial charge in [0.1, 0.15) is 0 Å². The van der Waals surface area contributed by atoms with Crippen molar-refractivity contribution in [2.45, 2.75) is 45.0 Å². The van der Waals surface area contributed by atoms with E-state index in [9.17, 15) is 4.79 Å². The molecule has 0 saturated heterocycles. The van der Waals surface area contributed by atoms with Gasteiger partial charge in [-0.05, 0) is 34.0 Å². The van der Waals surface area contributed by atoms with Crippen LogP contribution in [-0.4, -0.2) is 39.0 Å². The van der Waals surface area contributed by atoms with Crippen LogP contribution in [-0.2, 0) is 11.3 Å². The first kappa shape index (κ1) is 22.8. The van der Waals surface area contributed by atoms with Crippen molar-refractivity contribution < 1.29 is 4.79 Å². The minimum Gasteiger partial charge on any atom is -0.353 e. The van der Waals surface area contributed by atoms with Crippen LogP contribution in [0.2, 0.25) is 0 Å². The Morgan fingerprint density at radius 1 is 1.48 bits per heavy atom. The number of imidazole rings is 1. The lowest BCUT2D eigenvalue weighted by Crippen LogP contribution is -2.52. The molecule has 1 atom stereocenters. The van der Waals surface area contributed by atoms with E-state index in [4.69, 9.17) is 5.73 Å². The summed E-state index contributed by atoms with van der Waals surface area (Å²) in [7, 11) is 0. The maximum Gasteiger partial charge on any atom is 0.238 e. The molecule has 124 valence electrons. The predicted molar refractivity (Wildman–Crippen MR) is 94.8 cm³/mol. The van der Waals surface area contributed by atoms with E-state index in [-0.39, 0.29) is 35.5 Å². The molecule has 1 amide bonds. The normalized spacial score (nSPS) is 12.1. The third kappa shape index (κ3) is 6.06. The van der Waals surface area contributed by atoms with Gasteiger partial charge in [0.25, 0.3) is 0 Å². The number of hydrogen-bond donors (Lipinski definition) is 2. The molecule has 0 aliphatic rings. The topological polar surface area (TPSA) is 72.9 Å². The molecule has 0 bridgehead atoms. The Bertz CT molecular complexity index is 451. The fourth-order valence-corrected chi connectivity index (χ4v) is 1.98. The molecule has 0 spiro atoms. The van der Waals surface area contributed by atoms with Crippen LogP contribution in [0, 0.1) is 13.8 Å². The fourth-order valence-electron chi connectivity index (χ4n) is 1.62. The fraction of sp³-hybridized carbons (Fsp3) is 0.692. The average molecular weight is 357 g/mol. The van der Waals surface area contributed by atoms with Gasteiger partial charge in [0.05, 0.1) is 18.1 Å². The van der Waals surface area contributed by atoms with Crippen LogP contribution >= 0.6 is 36.6 Å². The average Bonchev–Trinajstić information content (AvgIpc) is 2.69. The summed E-state index contributed by atoms with van der Waals surface area (Å²) < 4.78 is 1.77. The molecule has 0 unspecified atom stereocenters. The van der Waals surface area contributed by atoms with E-state index in [1.54, 1.807) is 18.1 Å². The number of amides is 1. The van der Waals surface area contributed by atoms with Crippen molar-refractivity contribution in [2.75, 3.05) is 12.8 Å². The lowest BCUT2D eigenvalue weighted by atomic mass is 10.0. The molecular weight excluding hydrogens is 331 g/mol. The standard InChI is InChI=1S/C13H24N4OS.2ClH/c1-9-10(2)17(8-16-9)7-6-15-12(18)11(14)13(3,4)19-5;;/h8,11H,6-7,14H2,1-5H3,(H,15,18);2*1H/t11-;;/m1../s1. The number of nitrogens with one attached hydrogen (secondary N) is 1. The predicted octanol–water partition coefficient (Wildman–Crippen LogP) is 1.93. The van der Waals surface area contributed by atoms with Crippen LogP contribution in [0.3, 0.4) is 0 Å². The number of nitrogens with zero attached hydrogens (tertiary/aromatic N) is 2. The second-order valence-corrected chi connectivity index (χ2v) is 6.65. The molecule has 0 radical (unpaired) electrons. The molecule has 1 aromatic heterocycles. The van der Waals surface area contributed by atoms with Crippen molar-refractivity contribution in [2.24, 2.45) is 5.73 Å². The zero-order valence-corrected chi connectivity index (χ0v) is 15.6. The van der Waals surface area contributed by atoms with Crippen molar-refractivity contribution >= 4 is 42.5 Å². The van der Waals surface area contributed by atoms with Gasteiger partial charge in [-0.2, -0.15) is 11.8 Å². The molecule has 0 aromatic carbocycles. The molecule has 0 aliphatic carbocycles. The van der Waals surface area contributed by atoms with Gasteiger partial charge in [0.15, 0.2) is 0 Å². The lowest BCUT2D eigenvalue weighted by Gasteiger charge is -2.28. The number of thioether (sulfide) groups is 1. The third-order valence-electron chi connectivity index (χ3n) is 3.55. The zero-order chi connectivity index (χ0) is 14.6. The van der Waals surface area contributed by atoms with Crippen molar-refractivity contribution in [1.29, 1.82) is 0 Å². The van der Waals surface area contributed by atoms with E-state index in [0.29, 0.717) is 13.1 Å². The number of aryl methyl sites for hydroxylation is 1. The van der Waals surface area contributed by atoms with Gasteiger partial charge in [-0.25, -0.2) is 4.98 Å². The molecule has 8 heteroatoms. The minimum absolute atomic E-state index is 0. The van der Waals surface area contributed by atoms with Gasteiger partial charge in [-0.3, -0.25) is 4.79 Å². The van der Waals surface area contributed by atoms with E-state index in [1.165, 1.54) is 0 Å². The number of aromatic nitrogens is 2. The van der Waals surface area contributed by atoms with Crippen molar-refractivity contribution in [1.82, 2.24) is 14.9 Å². The van der Waals surface area contributed by atoms with Gasteiger partial charge < -0.3 is 15.6 Å². The van der Waals surface area contributed by atoms with E-state index in [2.05, 4.69) is 10.3 Å². The largest absolute Gasteiger partial charge is 0.353 e. The first-order valence-electron chi connectivity index (χ1n) is 6.36. The molecular formula is C13H26Cl2N4OS. The van der Waals surface area contributed by atoms with Crippen LogP contribution < -0.4 is 11.1 Å². The first-order valence-corrected chi connectivity index (χ1v) is 7.59. The maximum absolute atomic E-state index is 12.0. The number of hydrogen-bond acceptors (Lipinski definition) is 4. The third-order valence-corrected chi connectivity index (χ3v) is 4.86. The highest BCUT2D eigenvalue weighted by molar-refractivity contribution is 8.00. The Hall–Kier alpha value is -0.430. The van der Waals surface area contributed by atoms with E-state index in [1.807, 2.05) is 38.5 Å². The quantitative estimate of drug-likeness (QED) is 0.816. The van der Waals surface area contributed by atoms with Crippen LogP contribution in [0.5, 0.6) is 0 Å². The SMILES string of the molecule is CSC(C)(C)[C@H](N)C(=O)NCCn1cnc(C)c1C.Cl.Cl. The molecule has 3 N–H and O–H groups in total. The highest BCUT2D eigenvalue weighted by atomic mass is 35.5. The molecule has 5 nitrogen and oxygen atoms in total. The maximum atomic E-state index is 12.0. The molecule has 0 aliphatic heterocycles. The van der Waals surface area contributed by atoms with E-state index < -0.39 is 6.04 Å². The Kier molecular flexibility index (Phi) is 10.4. The molecule has 1 aromatic rings. The van der Waals surface area contributed by atoms with E-state index in [0.717, 1.165) is 11.4 Å². The zero-order valence-electron chi connectivity index (χ0n) is 13.2. The van der Waals surface area contributed by atoms with Gasteiger partial charge in [0.2, 0.25) is 5.91 Å². The lowest BCUT2D eigenvalue weighted by molar-refractivity contribution is -0.122. The van der Waals surface area contributed by atoms with E-state index >= 15 is 0 Å². The van der Waals surface area contributed by atoms with Crippen LogP contribution in [0.15, 0.2) is 6.33 Å². The minimum atomic E-state index is -0.506. The smallest absolute Gasteiger partial charge is 0.238 e. The summed E-state index contributed by atoms with van der Waals surface area (Å²) in [5.74, 6) is -0.103. The first-order chi connectivity index (χ1) is 8.79. The van der Waals surface area contributed by atoms with Gasteiger partial charge >= 0.3 is 0 Å². The highest BCUT2D eigenvalue weighted by Gasteiger charge is 2.30. The molecule has 0 fully saturated rings. The Morgan fingerprint density at radius 3 is 2.48 bits per heavy atom. The van der Waals surface area contributed by atoms with Crippen LogP contribution in [0.25, 0.3) is 0 Å². The summed E-state index contributed by atoms with van der Waals surface area (Å²) in [4.78, 5) is 16.2. The molecule has 1 heterocycles. The van der Waals surface area contributed by atoms with Gasteiger partial charge in [-0.15, -0.1) is 24.8 Å². The summed E-state index contributed by atoms with van der Waals surface area (Å²) >= 11 is 1.60. The van der Waals surface area contributed by atoms with Crippen molar-refractivity contribution in [3.05, 3.63) is 17.7 Å². The molecule has 21 heavy (non-hydrogen) atoms. The summed E-state index contributed by atoms with van der Waals surface area (Å²) in [6.07, 6.45) is 3.76. The van der Waals surface area contributed by atoms with Gasteiger partial charge in [0, 0.05) is 23.5 Å². The number of nitrogens with two attached hydrogens (primary N) is 1. The van der Waals surface area contributed by atoms with Crippen molar-refractivity contribution in [3.8, 4) is 0 Å². The Balaban J connectivity index is 0. The van der Waals surface area contributed by atoms with Crippen LogP contribution in [0.1, 0.15) is 25.2 Å². The summed E-state index contributed by atoms with van der Waals surface area (Å²) in [5.41, 5.74) is 8.11. The number of halogens is 2. The van der Waals surface area contributed by atoms with Gasteiger partial charge in [-0.1, -0.05) is 0 Å². The molecule has 0 saturated carbocycles. The summed E-state index contributed by atoms with van der Waals surface area (Å²) in [5, 5.41) is 2.88. The number of carbonyl (C=O) groups is 1. The Morgan fingerprint density at radius 2 is 2.05 bits per heavy atom. The summed E-state index contributed by atoms with van der Waals surface area (Å²) in [6.45, 7) is 9.23. The second kappa shape index (κ2) is 9.56. The van der Waals surface area contributed by atoms with Crippen LogP contribution in [0.4, 0.5) is 0 Å². The number of carbonyl (C=O) groups excluding carboxylic acids is 1. The number of rotatable bonds is 6. The van der Waals surface area contributed by atoms with Crippen molar-refractivity contribution in [3.63, 3.8) is 0 Å². The highest BCUT2D eigenvalue weighted by Crippen LogP contribution is 2.24. The Labute approximate surface area is 143 Å².